The van der Waals surface area contributed by atoms with Gasteiger partial charge in [0.15, 0.2) is 0 Å². The summed E-state index contributed by atoms with van der Waals surface area (Å²) in [6.45, 7) is 4.69. The van der Waals surface area contributed by atoms with E-state index in [9.17, 15) is 0 Å². The Kier molecular flexibility index (Phi) is 5.37. The van der Waals surface area contributed by atoms with Crippen LogP contribution in [0.5, 0.6) is 0 Å². The minimum atomic E-state index is -0.0128. The van der Waals surface area contributed by atoms with Gasteiger partial charge in [0, 0.05) is 38.2 Å². The lowest BCUT2D eigenvalue weighted by atomic mass is 9.82. The molecule has 0 bridgehead atoms. The molecule has 0 amide bonds. The molecule has 0 saturated heterocycles. The highest BCUT2D eigenvalue weighted by Gasteiger charge is 2.35. The highest BCUT2D eigenvalue weighted by molar-refractivity contribution is 6.29. The molecule has 1 aliphatic carbocycles. The van der Waals surface area contributed by atoms with Crippen molar-refractivity contribution in [2.24, 2.45) is 0 Å². The molecule has 2 nitrogen and oxygen atoms in total. The summed E-state index contributed by atoms with van der Waals surface area (Å²) >= 11 is 0. The van der Waals surface area contributed by atoms with Crippen LogP contribution in [-0.2, 0) is 5.41 Å². The van der Waals surface area contributed by atoms with Crippen molar-refractivity contribution in [1.82, 2.24) is 9.13 Å². The normalized spacial score (nSPS) is 13.5. The zero-order valence-electron chi connectivity index (χ0n) is 26.4. The summed E-state index contributed by atoms with van der Waals surface area (Å²) in [6.07, 6.45) is 0. The van der Waals surface area contributed by atoms with Gasteiger partial charge in [-0.1, -0.05) is 123 Å². The first-order valence-electron chi connectivity index (χ1n) is 16.5. The maximum Gasteiger partial charge on any atom is 0.0549 e. The second-order valence-corrected chi connectivity index (χ2v) is 13.3. The second-order valence-electron chi connectivity index (χ2n) is 13.3. The lowest BCUT2D eigenvalue weighted by Crippen LogP contribution is -2.14. The van der Waals surface area contributed by atoms with E-state index in [1.807, 2.05) is 0 Å². The van der Waals surface area contributed by atoms with Gasteiger partial charge in [0.25, 0.3) is 0 Å². The van der Waals surface area contributed by atoms with Crippen LogP contribution >= 0.6 is 0 Å². The highest BCUT2D eigenvalue weighted by Crippen LogP contribution is 2.50. The van der Waals surface area contributed by atoms with Gasteiger partial charge in [0.05, 0.1) is 27.8 Å². The molecule has 0 saturated carbocycles. The van der Waals surface area contributed by atoms with Gasteiger partial charge in [-0.2, -0.15) is 0 Å². The average Bonchev–Trinajstić information content (AvgIpc) is 3.72. The molecule has 1 aliphatic rings. The number of rotatable bonds is 3. The number of fused-ring (bicyclic) bond motifs is 10. The number of hydrogen-bond donors (Lipinski definition) is 0. The molecule has 0 unspecified atom stereocenters. The van der Waals surface area contributed by atoms with Crippen LogP contribution in [0.2, 0.25) is 0 Å². The monoisotopic (exact) mass is 600 g/mol. The van der Waals surface area contributed by atoms with Gasteiger partial charge in [-0.05, 0) is 76.3 Å². The van der Waals surface area contributed by atoms with E-state index in [4.69, 9.17) is 0 Å². The van der Waals surface area contributed by atoms with E-state index >= 15 is 0 Å². The third-order valence-corrected chi connectivity index (χ3v) is 10.5. The Bertz CT molecular complexity index is 2700. The van der Waals surface area contributed by atoms with Crippen LogP contribution in [0.3, 0.4) is 0 Å². The van der Waals surface area contributed by atoms with Crippen LogP contribution in [0.1, 0.15) is 25.0 Å². The molecular formula is C45H32N2. The third kappa shape index (κ3) is 3.56. The predicted octanol–water partition coefficient (Wildman–Crippen LogP) is 11.9. The molecule has 0 N–H and O–H groups in total. The first-order chi connectivity index (χ1) is 23.1. The van der Waals surface area contributed by atoms with Gasteiger partial charge in [0.1, 0.15) is 0 Å². The van der Waals surface area contributed by atoms with Gasteiger partial charge < -0.3 is 9.13 Å². The Morgan fingerprint density at radius 2 is 0.957 bits per heavy atom. The largest absolute Gasteiger partial charge is 0.309 e. The van der Waals surface area contributed by atoms with Gasteiger partial charge in [-0.3, -0.25) is 0 Å². The number of benzene rings is 7. The maximum absolute atomic E-state index is 2.49. The number of nitrogens with zero attached hydrogens (tertiary/aromatic N) is 2. The molecule has 47 heavy (non-hydrogen) atoms. The SMILES string of the molecule is CC1(C)c2ccccc2-c2cc(-c3ccccc3-n3c4ccccc4c4c5c6ccccc6n(-c6ccccc6)c5ccc43)ccc21. The minimum absolute atomic E-state index is 0.0128. The molecule has 2 heteroatoms. The van der Waals surface area contributed by atoms with Crippen molar-refractivity contribution < 1.29 is 0 Å². The molecular weight excluding hydrogens is 569 g/mol. The molecule has 0 spiro atoms. The number of para-hydroxylation sites is 4. The molecule has 222 valence electrons. The van der Waals surface area contributed by atoms with Crippen LogP contribution in [0.15, 0.2) is 158 Å². The summed E-state index contributed by atoms with van der Waals surface area (Å²) in [5, 5.41) is 5.13. The average molecular weight is 601 g/mol. The molecule has 10 rings (SSSR count). The summed E-state index contributed by atoms with van der Waals surface area (Å²) < 4.78 is 4.90. The van der Waals surface area contributed by atoms with Gasteiger partial charge in [-0.15, -0.1) is 0 Å². The van der Waals surface area contributed by atoms with Crippen molar-refractivity contribution in [2.45, 2.75) is 19.3 Å². The lowest BCUT2D eigenvalue weighted by Gasteiger charge is -2.21. The second kappa shape index (κ2) is 9.57. The first kappa shape index (κ1) is 26.4. The van der Waals surface area contributed by atoms with Gasteiger partial charge >= 0.3 is 0 Å². The molecule has 0 atom stereocenters. The minimum Gasteiger partial charge on any atom is -0.309 e. The number of hydrogen-bond acceptors (Lipinski definition) is 0. The van der Waals surface area contributed by atoms with E-state index < -0.39 is 0 Å². The lowest BCUT2D eigenvalue weighted by molar-refractivity contribution is 0.660. The summed E-state index contributed by atoms with van der Waals surface area (Å²) in [7, 11) is 0. The standard InChI is InChI=1S/C45H32N2/c1-45(2)36-20-10-6-17-32(36)35-28-29(24-25-37(35)45)31-16-7-11-21-38(31)47-40-23-13-9-19-34(40)44-42(47)27-26-41-43(44)33-18-8-12-22-39(33)46(41)30-14-4-3-5-15-30/h3-28H,1-2H3. The van der Waals surface area contributed by atoms with Crippen molar-refractivity contribution >= 4 is 43.6 Å². The van der Waals surface area contributed by atoms with Crippen molar-refractivity contribution in [1.29, 1.82) is 0 Å². The summed E-state index contributed by atoms with van der Waals surface area (Å²) in [5.74, 6) is 0. The van der Waals surface area contributed by atoms with Crippen molar-refractivity contribution in [3.05, 3.63) is 169 Å². The Morgan fingerprint density at radius 1 is 0.404 bits per heavy atom. The van der Waals surface area contributed by atoms with Crippen LogP contribution in [0.4, 0.5) is 0 Å². The molecule has 2 heterocycles. The van der Waals surface area contributed by atoms with E-state index in [1.54, 1.807) is 0 Å². The van der Waals surface area contributed by atoms with E-state index in [2.05, 4.69) is 181 Å². The number of aromatic nitrogens is 2. The van der Waals surface area contributed by atoms with Crippen molar-refractivity contribution in [3.8, 4) is 33.6 Å². The zero-order valence-corrected chi connectivity index (χ0v) is 26.4. The van der Waals surface area contributed by atoms with Crippen molar-refractivity contribution in [3.63, 3.8) is 0 Å². The molecule has 2 aromatic heterocycles. The fourth-order valence-electron chi connectivity index (χ4n) is 8.43. The summed E-state index contributed by atoms with van der Waals surface area (Å²) in [5.41, 5.74) is 15.2. The highest BCUT2D eigenvalue weighted by atomic mass is 15.0. The predicted molar refractivity (Wildman–Crippen MR) is 198 cm³/mol. The summed E-state index contributed by atoms with van der Waals surface area (Å²) in [4.78, 5) is 0. The van der Waals surface area contributed by atoms with Gasteiger partial charge in [-0.25, -0.2) is 0 Å². The summed E-state index contributed by atoms with van der Waals surface area (Å²) in [6, 6.07) is 58.0. The van der Waals surface area contributed by atoms with Crippen LogP contribution in [0, 0.1) is 0 Å². The topological polar surface area (TPSA) is 9.86 Å². The third-order valence-electron chi connectivity index (χ3n) is 10.5. The molecule has 9 aromatic rings. The quantitative estimate of drug-likeness (QED) is 0.191. The first-order valence-corrected chi connectivity index (χ1v) is 16.5. The van der Waals surface area contributed by atoms with Gasteiger partial charge in [0.2, 0.25) is 0 Å². The fourth-order valence-corrected chi connectivity index (χ4v) is 8.43. The smallest absolute Gasteiger partial charge is 0.0549 e. The van der Waals surface area contributed by atoms with E-state index in [0.29, 0.717) is 0 Å². The molecule has 0 radical (unpaired) electrons. The van der Waals surface area contributed by atoms with Crippen LogP contribution in [-0.4, -0.2) is 9.13 Å². The van der Waals surface area contributed by atoms with E-state index in [1.165, 1.54) is 88.4 Å². The zero-order chi connectivity index (χ0) is 31.3. The Morgan fingerprint density at radius 3 is 1.70 bits per heavy atom. The van der Waals surface area contributed by atoms with Crippen LogP contribution < -0.4 is 0 Å². The fraction of sp³-hybridized carbons (Fsp3) is 0.0667. The van der Waals surface area contributed by atoms with Crippen molar-refractivity contribution in [2.75, 3.05) is 0 Å². The Hall–Kier alpha value is -5.86. The Balaban J connectivity index is 1.28. The molecule has 0 fully saturated rings. The van der Waals surface area contributed by atoms with E-state index in [0.717, 1.165) is 0 Å². The maximum atomic E-state index is 2.49. The molecule has 0 aliphatic heterocycles. The van der Waals surface area contributed by atoms with Crippen LogP contribution in [0.25, 0.3) is 77.2 Å². The Labute approximate surface area is 273 Å². The van der Waals surface area contributed by atoms with E-state index in [-0.39, 0.29) is 5.41 Å². The molecule has 7 aromatic carbocycles.